The number of rotatable bonds is 4. The number of carbonyl (C=O) groups excluding carboxylic acids is 1. The van der Waals surface area contributed by atoms with E-state index in [0.29, 0.717) is 17.6 Å². The summed E-state index contributed by atoms with van der Waals surface area (Å²) in [4.78, 5) is 11.9. The Morgan fingerprint density at radius 2 is 2.00 bits per heavy atom. The fourth-order valence-electron chi connectivity index (χ4n) is 2.35. The van der Waals surface area contributed by atoms with Crippen molar-refractivity contribution in [2.45, 2.75) is 53.4 Å². The lowest BCUT2D eigenvalue weighted by Gasteiger charge is -2.26. The van der Waals surface area contributed by atoms with E-state index in [9.17, 15) is 4.79 Å². The van der Waals surface area contributed by atoms with Gasteiger partial charge in [0, 0.05) is 12.3 Å². The molecule has 0 aromatic carbocycles. The second-order valence-electron chi connectivity index (χ2n) is 5.39. The molecule has 0 radical (unpaired) electrons. The number of ketones is 1. The maximum Gasteiger partial charge on any atom is 0.140 e. The zero-order valence-corrected chi connectivity index (χ0v) is 10.5. The summed E-state index contributed by atoms with van der Waals surface area (Å²) >= 11 is 0. The lowest BCUT2D eigenvalue weighted by molar-refractivity contribution is -0.122. The van der Waals surface area contributed by atoms with Gasteiger partial charge in [-0.3, -0.25) is 4.79 Å². The van der Waals surface area contributed by atoms with Crippen LogP contribution in [-0.2, 0) is 4.79 Å². The molecule has 0 amide bonds. The Bertz CT molecular complexity index is 248. The predicted octanol–water partition coefficient (Wildman–Crippen LogP) is 3.98. The van der Waals surface area contributed by atoms with Crippen LogP contribution in [0.15, 0.2) is 11.6 Å². The number of Topliss-reactive ketones (excluding diaryl/α,β-unsaturated/α-hetero) is 1. The van der Waals surface area contributed by atoms with Crippen LogP contribution in [0.3, 0.4) is 0 Å². The minimum absolute atomic E-state index is 0.237. The normalized spacial score (nSPS) is 22.4. The van der Waals surface area contributed by atoms with Crippen molar-refractivity contribution >= 4 is 5.78 Å². The fourth-order valence-corrected chi connectivity index (χ4v) is 2.35. The lowest BCUT2D eigenvalue weighted by Crippen LogP contribution is -2.23. The first-order valence-corrected chi connectivity index (χ1v) is 6.25. The summed E-state index contributed by atoms with van der Waals surface area (Å²) in [6, 6.07) is 0. The number of carbonyl (C=O) groups is 1. The van der Waals surface area contributed by atoms with E-state index in [1.807, 2.05) is 0 Å². The molecule has 1 unspecified atom stereocenters. The van der Waals surface area contributed by atoms with Crippen molar-refractivity contribution in [1.82, 2.24) is 0 Å². The van der Waals surface area contributed by atoms with Gasteiger partial charge in [-0.05, 0) is 31.1 Å². The molecule has 15 heavy (non-hydrogen) atoms. The van der Waals surface area contributed by atoms with E-state index in [0.717, 1.165) is 19.3 Å². The number of allylic oxidation sites excluding steroid dienone is 2. The summed E-state index contributed by atoms with van der Waals surface area (Å²) < 4.78 is 0. The molecule has 0 saturated heterocycles. The fraction of sp³-hybridized carbons (Fsp3) is 0.786. The van der Waals surface area contributed by atoms with E-state index in [1.54, 1.807) is 0 Å². The molecule has 1 atom stereocenters. The minimum atomic E-state index is 0.237. The van der Waals surface area contributed by atoms with Crippen LogP contribution >= 0.6 is 0 Å². The Hall–Kier alpha value is -0.590. The van der Waals surface area contributed by atoms with Gasteiger partial charge in [-0.1, -0.05) is 39.3 Å². The van der Waals surface area contributed by atoms with E-state index in [4.69, 9.17) is 0 Å². The molecule has 0 aromatic rings. The maximum absolute atomic E-state index is 11.9. The van der Waals surface area contributed by atoms with Gasteiger partial charge in [-0.25, -0.2) is 0 Å². The standard InChI is InChI=1S/C14H24O/c1-10(2)8-9-13-12(11(3)4)6-5-7-14(13)15/h6,10-11,13H,5,7-9H2,1-4H3. The smallest absolute Gasteiger partial charge is 0.140 e. The van der Waals surface area contributed by atoms with Crippen LogP contribution in [0.5, 0.6) is 0 Å². The van der Waals surface area contributed by atoms with Crippen molar-refractivity contribution in [2.75, 3.05) is 0 Å². The first-order chi connectivity index (χ1) is 7.02. The molecule has 0 saturated carbocycles. The van der Waals surface area contributed by atoms with E-state index in [1.165, 1.54) is 12.0 Å². The molecule has 0 heterocycles. The van der Waals surface area contributed by atoms with Gasteiger partial charge in [-0.2, -0.15) is 0 Å². The average Bonchev–Trinajstić information content (AvgIpc) is 2.15. The van der Waals surface area contributed by atoms with Gasteiger partial charge in [0.25, 0.3) is 0 Å². The van der Waals surface area contributed by atoms with Crippen molar-refractivity contribution in [2.24, 2.45) is 17.8 Å². The van der Waals surface area contributed by atoms with Crippen molar-refractivity contribution < 1.29 is 4.79 Å². The van der Waals surface area contributed by atoms with E-state index >= 15 is 0 Å². The molecule has 0 bridgehead atoms. The molecule has 0 fully saturated rings. The van der Waals surface area contributed by atoms with Gasteiger partial charge in [0.15, 0.2) is 0 Å². The highest BCUT2D eigenvalue weighted by atomic mass is 16.1. The van der Waals surface area contributed by atoms with Crippen LogP contribution in [-0.4, -0.2) is 5.78 Å². The molecule has 1 nitrogen and oxygen atoms in total. The molecule has 86 valence electrons. The van der Waals surface area contributed by atoms with Crippen molar-refractivity contribution in [3.8, 4) is 0 Å². The van der Waals surface area contributed by atoms with Crippen molar-refractivity contribution in [1.29, 1.82) is 0 Å². The average molecular weight is 208 g/mol. The highest BCUT2D eigenvalue weighted by Crippen LogP contribution is 2.31. The van der Waals surface area contributed by atoms with Crippen molar-refractivity contribution in [3.63, 3.8) is 0 Å². The van der Waals surface area contributed by atoms with Gasteiger partial charge < -0.3 is 0 Å². The Kier molecular flexibility index (Phi) is 4.56. The highest BCUT2D eigenvalue weighted by Gasteiger charge is 2.26. The predicted molar refractivity (Wildman–Crippen MR) is 64.7 cm³/mol. The minimum Gasteiger partial charge on any atom is -0.299 e. The summed E-state index contributed by atoms with van der Waals surface area (Å²) in [5, 5.41) is 0. The molecular formula is C14H24O. The van der Waals surface area contributed by atoms with Gasteiger partial charge in [0.1, 0.15) is 5.78 Å². The molecular weight excluding hydrogens is 184 g/mol. The molecule has 1 heteroatoms. The molecule has 0 N–H and O–H groups in total. The third kappa shape index (κ3) is 3.48. The molecule has 1 aliphatic carbocycles. The zero-order valence-electron chi connectivity index (χ0n) is 10.5. The molecule has 0 aromatic heterocycles. The Labute approximate surface area is 93.9 Å². The van der Waals surface area contributed by atoms with Crippen LogP contribution in [0.25, 0.3) is 0 Å². The van der Waals surface area contributed by atoms with E-state index < -0.39 is 0 Å². The SMILES string of the molecule is CC(C)CCC1C(=O)CCC=C1C(C)C. The summed E-state index contributed by atoms with van der Waals surface area (Å²) in [7, 11) is 0. The molecule has 0 spiro atoms. The Morgan fingerprint density at radius 3 is 2.53 bits per heavy atom. The highest BCUT2D eigenvalue weighted by molar-refractivity contribution is 5.85. The molecule has 0 aliphatic heterocycles. The number of hydrogen-bond donors (Lipinski definition) is 0. The third-order valence-corrected chi connectivity index (χ3v) is 3.26. The second-order valence-corrected chi connectivity index (χ2v) is 5.39. The third-order valence-electron chi connectivity index (χ3n) is 3.26. The van der Waals surface area contributed by atoms with Crippen molar-refractivity contribution in [3.05, 3.63) is 11.6 Å². The van der Waals surface area contributed by atoms with Crippen LogP contribution in [0.1, 0.15) is 53.4 Å². The van der Waals surface area contributed by atoms with E-state index in [2.05, 4.69) is 33.8 Å². The topological polar surface area (TPSA) is 17.1 Å². The first kappa shape index (κ1) is 12.5. The van der Waals surface area contributed by atoms with Crippen LogP contribution in [0.2, 0.25) is 0 Å². The zero-order chi connectivity index (χ0) is 11.4. The van der Waals surface area contributed by atoms with Gasteiger partial charge in [0.2, 0.25) is 0 Å². The molecule has 1 aliphatic rings. The monoisotopic (exact) mass is 208 g/mol. The van der Waals surface area contributed by atoms with Gasteiger partial charge in [0.05, 0.1) is 0 Å². The quantitative estimate of drug-likeness (QED) is 0.639. The largest absolute Gasteiger partial charge is 0.299 e. The van der Waals surface area contributed by atoms with Crippen LogP contribution in [0.4, 0.5) is 0 Å². The summed E-state index contributed by atoms with van der Waals surface area (Å²) in [5.74, 6) is 1.95. The Balaban J connectivity index is 2.67. The van der Waals surface area contributed by atoms with Crippen LogP contribution < -0.4 is 0 Å². The maximum atomic E-state index is 11.9. The summed E-state index contributed by atoms with van der Waals surface area (Å²) in [6.45, 7) is 8.86. The van der Waals surface area contributed by atoms with Gasteiger partial charge >= 0.3 is 0 Å². The number of hydrogen-bond acceptors (Lipinski definition) is 1. The summed E-state index contributed by atoms with van der Waals surface area (Å²) in [6.07, 6.45) is 6.25. The van der Waals surface area contributed by atoms with E-state index in [-0.39, 0.29) is 5.92 Å². The second kappa shape index (κ2) is 5.48. The van der Waals surface area contributed by atoms with Crippen LogP contribution in [0, 0.1) is 17.8 Å². The Morgan fingerprint density at radius 1 is 1.33 bits per heavy atom. The molecule has 1 rings (SSSR count). The first-order valence-electron chi connectivity index (χ1n) is 6.25. The van der Waals surface area contributed by atoms with Gasteiger partial charge in [-0.15, -0.1) is 0 Å². The summed E-state index contributed by atoms with van der Waals surface area (Å²) in [5.41, 5.74) is 1.40. The lowest BCUT2D eigenvalue weighted by atomic mass is 9.77.